The van der Waals surface area contributed by atoms with Gasteiger partial charge in [-0.3, -0.25) is 4.79 Å². The molecule has 0 spiro atoms. The molecular weight excluding hydrogens is 314 g/mol. The molecule has 4 heteroatoms. The number of hydrogen-bond acceptors (Lipinski definition) is 4. The lowest BCUT2D eigenvalue weighted by molar-refractivity contribution is 0.104. The van der Waals surface area contributed by atoms with Crippen molar-refractivity contribution in [3.05, 3.63) is 58.7 Å². The SMILES string of the molecule is O=C1/C(=C/c2ccc(N3CCCC3)cc2)Cc2cc3c(cc21)OCO3. The van der Waals surface area contributed by atoms with Crippen LogP contribution in [0.3, 0.4) is 0 Å². The van der Waals surface area contributed by atoms with Gasteiger partial charge in [-0.15, -0.1) is 0 Å². The average Bonchev–Trinajstić information content (AvgIpc) is 3.36. The molecule has 4 nitrogen and oxygen atoms in total. The van der Waals surface area contributed by atoms with Crippen LogP contribution in [-0.4, -0.2) is 25.7 Å². The normalized spacial score (nSPS) is 19.8. The molecule has 126 valence electrons. The van der Waals surface area contributed by atoms with E-state index in [0.717, 1.165) is 41.1 Å². The van der Waals surface area contributed by atoms with Gasteiger partial charge < -0.3 is 14.4 Å². The number of carbonyl (C=O) groups is 1. The van der Waals surface area contributed by atoms with E-state index in [0.29, 0.717) is 12.2 Å². The highest BCUT2D eigenvalue weighted by molar-refractivity contribution is 6.16. The number of carbonyl (C=O) groups excluding carboxylic acids is 1. The van der Waals surface area contributed by atoms with Crippen molar-refractivity contribution in [2.45, 2.75) is 19.3 Å². The van der Waals surface area contributed by atoms with Crippen LogP contribution in [0.4, 0.5) is 5.69 Å². The van der Waals surface area contributed by atoms with Crippen LogP contribution in [0.2, 0.25) is 0 Å². The van der Waals surface area contributed by atoms with Crippen molar-refractivity contribution < 1.29 is 14.3 Å². The van der Waals surface area contributed by atoms with E-state index in [9.17, 15) is 4.79 Å². The van der Waals surface area contributed by atoms with Crippen molar-refractivity contribution >= 4 is 17.5 Å². The number of allylic oxidation sites excluding steroid dienone is 1. The Kier molecular flexibility index (Phi) is 3.30. The molecule has 2 aliphatic heterocycles. The number of anilines is 1. The molecule has 5 rings (SSSR count). The van der Waals surface area contributed by atoms with Crippen molar-refractivity contribution in [2.75, 3.05) is 24.8 Å². The fourth-order valence-electron chi connectivity index (χ4n) is 3.87. The molecule has 0 radical (unpaired) electrons. The standard InChI is InChI=1S/C21H19NO3/c23-21-16(10-15-11-19-20(12-18(15)21)25-13-24-19)9-14-3-5-17(6-4-14)22-7-1-2-8-22/h3-6,9,11-12H,1-2,7-8,10,13H2/b16-9+. The number of rotatable bonds is 2. The van der Waals surface area contributed by atoms with Crippen LogP contribution in [0.15, 0.2) is 42.0 Å². The van der Waals surface area contributed by atoms with Gasteiger partial charge in [-0.25, -0.2) is 0 Å². The van der Waals surface area contributed by atoms with Crippen molar-refractivity contribution in [3.63, 3.8) is 0 Å². The number of fused-ring (bicyclic) bond motifs is 2. The van der Waals surface area contributed by atoms with Crippen molar-refractivity contribution in [1.29, 1.82) is 0 Å². The first kappa shape index (κ1) is 14.6. The number of ketones is 1. The summed E-state index contributed by atoms with van der Waals surface area (Å²) >= 11 is 0. The number of ether oxygens (including phenoxy) is 2. The van der Waals surface area contributed by atoms with Gasteiger partial charge in [0.25, 0.3) is 0 Å². The van der Waals surface area contributed by atoms with Crippen LogP contribution >= 0.6 is 0 Å². The number of hydrogen-bond donors (Lipinski definition) is 0. The van der Waals surface area contributed by atoms with Gasteiger partial charge in [-0.05, 0) is 54.3 Å². The maximum atomic E-state index is 12.7. The lowest BCUT2D eigenvalue weighted by Gasteiger charge is -2.17. The second-order valence-electron chi connectivity index (χ2n) is 6.82. The van der Waals surface area contributed by atoms with E-state index in [1.165, 1.54) is 18.5 Å². The highest BCUT2D eigenvalue weighted by Gasteiger charge is 2.28. The molecular formula is C21H19NO3. The molecule has 1 fully saturated rings. The fraction of sp³-hybridized carbons (Fsp3) is 0.286. The largest absolute Gasteiger partial charge is 0.454 e. The van der Waals surface area contributed by atoms with Crippen molar-refractivity contribution in [3.8, 4) is 11.5 Å². The predicted octanol–water partition coefficient (Wildman–Crippen LogP) is 3.84. The molecule has 25 heavy (non-hydrogen) atoms. The number of benzene rings is 2. The van der Waals surface area contributed by atoms with Gasteiger partial charge in [0.2, 0.25) is 6.79 Å². The Morgan fingerprint density at radius 3 is 2.44 bits per heavy atom. The molecule has 2 aromatic rings. The van der Waals surface area contributed by atoms with E-state index in [4.69, 9.17) is 9.47 Å². The van der Waals surface area contributed by atoms with E-state index in [2.05, 4.69) is 29.2 Å². The molecule has 0 saturated carbocycles. The summed E-state index contributed by atoms with van der Waals surface area (Å²) in [5, 5.41) is 0. The smallest absolute Gasteiger partial charge is 0.231 e. The van der Waals surface area contributed by atoms with Crippen molar-refractivity contribution in [2.24, 2.45) is 0 Å². The number of nitrogens with zero attached hydrogens (tertiary/aromatic N) is 1. The summed E-state index contributed by atoms with van der Waals surface area (Å²) in [5.74, 6) is 1.50. The first-order valence-electron chi connectivity index (χ1n) is 8.81. The molecule has 2 heterocycles. The van der Waals surface area contributed by atoms with Crippen LogP contribution in [0, 0.1) is 0 Å². The second-order valence-corrected chi connectivity index (χ2v) is 6.82. The lowest BCUT2D eigenvalue weighted by Crippen LogP contribution is -2.17. The molecule has 0 amide bonds. The predicted molar refractivity (Wildman–Crippen MR) is 96.5 cm³/mol. The molecule has 1 saturated heterocycles. The van der Waals surface area contributed by atoms with Gasteiger partial charge >= 0.3 is 0 Å². The summed E-state index contributed by atoms with van der Waals surface area (Å²) in [6.07, 6.45) is 5.20. The Bertz CT molecular complexity index is 877. The summed E-state index contributed by atoms with van der Waals surface area (Å²) in [6, 6.07) is 12.3. The highest BCUT2D eigenvalue weighted by Crippen LogP contribution is 2.39. The topological polar surface area (TPSA) is 38.8 Å². The monoisotopic (exact) mass is 333 g/mol. The zero-order valence-corrected chi connectivity index (χ0v) is 14.0. The zero-order valence-electron chi connectivity index (χ0n) is 14.0. The van der Waals surface area contributed by atoms with Gasteiger partial charge in [0.15, 0.2) is 17.3 Å². The summed E-state index contributed by atoms with van der Waals surface area (Å²) in [7, 11) is 0. The summed E-state index contributed by atoms with van der Waals surface area (Å²) < 4.78 is 10.8. The Labute approximate surface area is 146 Å². The van der Waals surface area contributed by atoms with Gasteiger partial charge in [-0.1, -0.05) is 12.1 Å². The minimum absolute atomic E-state index is 0.0944. The summed E-state index contributed by atoms with van der Waals surface area (Å²) in [4.78, 5) is 15.1. The van der Waals surface area contributed by atoms with Crippen LogP contribution in [0.25, 0.3) is 6.08 Å². The lowest BCUT2D eigenvalue weighted by atomic mass is 10.1. The molecule has 3 aliphatic rings. The van der Waals surface area contributed by atoms with E-state index in [1.807, 2.05) is 18.2 Å². The summed E-state index contributed by atoms with van der Waals surface area (Å²) in [5.41, 5.74) is 4.93. The Hall–Kier alpha value is -2.75. The Balaban J connectivity index is 1.41. The molecule has 0 N–H and O–H groups in total. The maximum Gasteiger partial charge on any atom is 0.231 e. The Morgan fingerprint density at radius 2 is 1.68 bits per heavy atom. The van der Waals surface area contributed by atoms with E-state index in [1.54, 1.807) is 0 Å². The number of Topliss-reactive ketones (excluding diaryl/α,β-unsaturated/α-hetero) is 1. The zero-order chi connectivity index (χ0) is 16.8. The first-order chi connectivity index (χ1) is 12.3. The Morgan fingerprint density at radius 1 is 0.960 bits per heavy atom. The van der Waals surface area contributed by atoms with Crippen LogP contribution in [0.5, 0.6) is 11.5 Å². The van der Waals surface area contributed by atoms with Gasteiger partial charge in [0, 0.05) is 36.3 Å². The minimum atomic E-state index is 0.0944. The third-order valence-electron chi connectivity index (χ3n) is 5.22. The van der Waals surface area contributed by atoms with E-state index < -0.39 is 0 Å². The molecule has 0 aromatic heterocycles. The maximum absolute atomic E-state index is 12.7. The summed E-state index contributed by atoms with van der Waals surface area (Å²) in [6.45, 7) is 2.52. The van der Waals surface area contributed by atoms with Crippen molar-refractivity contribution in [1.82, 2.24) is 0 Å². The van der Waals surface area contributed by atoms with Crippen LogP contribution < -0.4 is 14.4 Å². The fourth-order valence-corrected chi connectivity index (χ4v) is 3.87. The van der Waals surface area contributed by atoms with Crippen LogP contribution in [-0.2, 0) is 6.42 Å². The molecule has 0 bridgehead atoms. The molecule has 0 atom stereocenters. The van der Waals surface area contributed by atoms with Gasteiger partial charge in [0.05, 0.1) is 0 Å². The average molecular weight is 333 g/mol. The third kappa shape index (κ3) is 2.49. The third-order valence-corrected chi connectivity index (χ3v) is 5.22. The second kappa shape index (κ2) is 5.66. The van der Waals surface area contributed by atoms with Gasteiger partial charge in [0.1, 0.15) is 0 Å². The van der Waals surface area contributed by atoms with Gasteiger partial charge in [-0.2, -0.15) is 0 Å². The first-order valence-corrected chi connectivity index (χ1v) is 8.81. The van der Waals surface area contributed by atoms with Crippen LogP contribution in [0.1, 0.15) is 34.3 Å². The quantitative estimate of drug-likeness (QED) is 0.783. The van der Waals surface area contributed by atoms with E-state index in [-0.39, 0.29) is 12.6 Å². The molecule has 1 aliphatic carbocycles. The molecule has 2 aromatic carbocycles. The highest BCUT2D eigenvalue weighted by atomic mass is 16.7. The van der Waals surface area contributed by atoms with E-state index >= 15 is 0 Å². The molecule has 0 unspecified atom stereocenters. The minimum Gasteiger partial charge on any atom is -0.454 e.